The van der Waals surface area contributed by atoms with E-state index in [1.54, 1.807) is 4.90 Å². The first-order valence-corrected chi connectivity index (χ1v) is 10.4. The minimum Gasteiger partial charge on any atom is -0.346 e. The van der Waals surface area contributed by atoms with E-state index < -0.39 is 17.9 Å². The van der Waals surface area contributed by atoms with Crippen molar-refractivity contribution in [3.05, 3.63) is 65.2 Å². The molecule has 1 unspecified atom stereocenters. The number of hydrogen-bond donors (Lipinski definition) is 1. The molecule has 164 valence electrons. The van der Waals surface area contributed by atoms with Crippen molar-refractivity contribution in [3.8, 4) is 0 Å². The molecule has 4 rings (SSSR count). The molecule has 0 aliphatic carbocycles. The fourth-order valence-corrected chi connectivity index (χ4v) is 4.40. The van der Waals surface area contributed by atoms with Crippen LogP contribution >= 0.6 is 0 Å². The van der Waals surface area contributed by atoms with Gasteiger partial charge >= 0.3 is 6.18 Å². The monoisotopic (exact) mass is 431 g/mol. The zero-order chi connectivity index (χ0) is 22.0. The number of rotatable bonds is 4. The number of carbonyl (C=O) groups is 2. The van der Waals surface area contributed by atoms with E-state index in [1.165, 1.54) is 12.1 Å². The Morgan fingerprint density at radius 3 is 2.39 bits per heavy atom. The molecule has 2 aromatic rings. The van der Waals surface area contributed by atoms with Crippen LogP contribution in [0, 0.1) is 0 Å². The van der Waals surface area contributed by atoms with E-state index in [0.29, 0.717) is 25.2 Å². The summed E-state index contributed by atoms with van der Waals surface area (Å²) in [6, 6.07) is 12.9. The lowest BCUT2D eigenvalue weighted by Gasteiger charge is -2.45. The molecule has 0 saturated carbocycles. The minimum absolute atomic E-state index is 0.0773. The predicted octanol–water partition coefficient (Wildman–Crippen LogP) is 3.37. The molecule has 2 aliphatic rings. The normalized spacial score (nSPS) is 19.8. The standard InChI is InChI=1S/C23H24F3N3O2/c24-23(25,26)18-7-5-16(6-8-18)13-22(31)28-11-9-19(10-12-28)29-20-4-2-1-3-17(20)14-27-21(29)15-30/h1-8,15,19,21,27H,9-14H2. The van der Waals surface area contributed by atoms with Crippen molar-refractivity contribution in [2.75, 3.05) is 18.0 Å². The van der Waals surface area contributed by atoms with Crippen molar-refractivity contribution in [3.63, 3.8) is 0 Å². The lowest BCUT2D eigenvalue weighted by atomic mass is 9.98. The first kappa shape index (κ1) is 21.4. The molecular formula is C23H24F3N3O2. The number of nitrogens with one attached hydrogen (secondary N) is 1. The van der Waals surface area contributed by atoms with E-state index in [4.69, 9.17) is 0 Å². The molecule has 0 aromatic heterocycles. The molecule has 0 bridgehead atoms. The quantitative estimate of drug-likeness (QED) is 0.755. The van der Waals surface area contributed by atoms with Crippen LogP contribution in [0.1, 0.15) is 29.5 Å². The Morgan fingerprint density at radius 1 is 1.06 bits per heavy atom. The predicted molar refractivity (Wildman–Crippen MR) is 110 cm³/mol. The van der Waals surface area contributed by atoms with Gasteiger partial charge in [0.1, 0.15) is 6.17 Å². The average Bonchev–Trinajstić information content (AvgIpc) is 2.78. The second kappa shape index (κ2) is 8.70. The van der Waals surface area contributed by atoms with Gasteiger partial charge in [0, 0.05) is 31.4 Å². The lowest BCUT2D eigenvalue weighted by molar-refractivity contribution is -0.137. The van der Waals surface area contributed by atoms with Crippen LogP contribution in [0.15, 0.2) is 48.5 Å². The van der Waals surface area contributed by atoms with Crippen LogP contribution in [-0.2, 0) is 28.7 Å². The highest BCUT2D eigenvalue weighted by Gasteiger charge is 2.34. The van der Waals surface area contributed by atoms with Crippen LogP contribution in [0.4, 0.5) is 18.9 Å². The molecule has 8 heteroatoms. The molecular weight excluding hydrogens is 407 g/mol. The first-order chi connectivity index (χ1) is 14.9. The number of hydrogen-bond acceptors (Lipinski definition) is 4. The fourth-order valence-electron chi connectivity index (χ4n) is 4.40. The summed E-state index contributed by atoms with van der Waals surface area (Å²) in [6.45, 7) is 1.74. The van der Waals surface area contributed by atoms with Crippen LogP contribution in [0.5, 0.6) is 0 Å². The Labute approximate surface area is 178 Å². The van der Waals surface area contributed by atoms with E-state index in [1.807, 2.05) is 24.3 Å². The number of piperidine rings is 1. The lowest BCUT2D eigenvalue weighted by Crippen LogP contribution is -2.57. The van der Waals surface area contributed by atoms with E-state index in [2.05, 4.69) is 10.2 Å². The molecule has 5 nitrogen and oxygen atoms in total. The smallest absolute Gasteiger partial charge is 0.346 e. The van der Waals surface area contributed by atoms with Crippen molar-refractivity contribution in [1.82, 2.24) is 10.2 Å². The maximum Gasteiger partial charge on any atom is 0.416 e. The summed E-state index contributed by atoms with van der Waals surface area (Å²) in [7, 11) is 0. The van der Waals surface area contributed by atoms with Crippen LogP contribution in [0.2, 0.25) is 0 Å². The topological polar surface area (TPSA) is 52.7 Å². The highest BCUT2D eigenvalue weighted by molar-refractivity contribution is 5.79. The number of amides is 1. The average molecular weight is 431 g/mol. The third-order valence-electron chi connectivity index (χ3n) is 6.05. The number of fused-ring (bicyclic) bond motifs is 1. The third-order valence-corrected chi connectivity index (χ3v) is 6.05. The van der Waals surface area contributed by atoms with Gasteiger partial charge in [-0.15, -0.1) is 0 Å². The number of carbonyl (C=O) groups excluding carboxylic acids is 2. The fraction of sp³-hybridized carbons (Fsp3) is 0.391. The summed E-state index contributed by atoms with van der Waals surface area (Å²) in [6.07, 6.45) is -2.34. The molecule has 1 atom stereocenters. The summed E-state index contributed by atoms with van der Waals surface area (Å²) >= 11 is 0. The van der Waals surface area contributed by atoms with Gasteiger partial charge in [-0.05, 0) is 42.2 Å². The Balaban J connectivity index is 1.38. The Bertz CT molecular complexity index is 938. The van der Waals surface area contributed by atoms with Gasteiger partial charge in [0.15, 0.2) is 6.29 Å². The number of alkyl halides is 3. The van der Waals surface area contributed by atoms with E-state index in [-0.39, 0.29) is 18.4 Å². The molecule has 1 fully saturated rings. The van der Waals surface area contributed by atoms with E-state index in [0.717, 1.165) is 42.5 Å². The highest BCUT2D eigenvalue weighted by atomic mass is 19.4. The molecule has 1 amide bonds. The number of halogens is 3. The second-order valence-electron chi connectivity index (χ2n) is 7.98. The maximum atomic E-state index is 12.7. The van der Waals surface area contributed by atoms with Gasteiger partial charge in [-0.3, -0.25) is 14.9 Å². The number of para-hydroxylation sites is 1. The van der Waals surface area contributed by atoms with Crippen molar-refractivity contribution in [1.29, 1.82) is 0 Å². The molecule has 0 spiro atoms. The molecule has 2 aliphatic heterocycles. The second-order valence-corrected chi connectivity index (χ2v) is 7.98. The largest absolute Gasteiger partial charge is 0.416 e. The van der Waals surface area contributed by atoms with Crippen molar-refractivity contribution in [2.45, 2.75) is 44.2 Å². The number of anilines is 1. The minimum atomic E-state index is -4.38. The highest BCUT2D eigenvalue weighted by Crippen LogP contribution is 2.32. The number of likely N-dealkylation sites (tertiary alicyclic amines) is 1. The zero-order valence-corrected chi connectivity index (χ0v) is 16.9. The molecule has 31 heavy (non-hydrogen) atoms. The first-order valence-electron chi connectivity index (χ1n) is 10.4. The molecule has 0 radical (unpaired) electrons. The Hall–Kier alpha value is -2.87. The van der Waals surface area contributed by atoms with Crippen molar-refractivity contribution in [2.24, 2.45) is 0 Å². The summed E-state index contributed by atoms with van der Waals surface area (Å²) < 4.78 is 38.1. The van der Waals surface area contributed by atoms with Gasteiger partial charge in [-0.1, -0.05) is 30.3 Å². The summed E-state index contributed by atoms with van der Waals surface area (Å²) in [5.74, 6) is -0.0951. The van der Waals surface area contributed by atoms with Gasteiger partial charge in [0.2, 0.25) is 5.91 Å². The van der Waals surface area contributed by atoms with Crippen LogP contribution in [0.25, 0.3) is 0 Å². The van der Waals surface area contributed by atoms with Gasteiger partial charge in [-0.2, -0.15) is 13.2 Å². The summed E-state index contributed by atoms with van der Waals surface area (Å²) in [5.41, 5.74) is 2.04. The Morgan fingerprint density at radius 2 is 1.74 bits per heavy atom. The SMILES string of the molecule is O=CC1NCc2ccccc2N1C1CCN(C(=O)Cc2ccc(C(F)(F)F)cc2)CC1. The van der Waals surface area contributed by atoms with Gasteiger partial charge in [-0.25, -0.2) is 0 Å². The van der Waals surface area contributed by atoms with Crippen molar-refractivity contribution < 1.29 is 22.8 Å². The molecule has 2 heterocycles. The number of nitrogens with zero attached hydrogens (tertiary/aromatic N) is 2. The number of aldehydes is 1. The number of benzene rings is 2. The molecule has 1 N–H and O–H groups in total. The van der Waals surface area contributed by atoms with Crippen LogP contribution in [-0.4, -0.2) is 42.4 Å². The van der Waals surface area contributed by atoms with Gasteiger partial charge in [0.05, 0.1) is 12.0 Å². The maximum absolute atomic E-state index is 12.7. The van der Waals surface area contributed by atoms with E-state index >= 15 is 0 Å². The van der Waals surface area contributed by atoms with Crippen LogP contribution in [0.3, 0.4) is 0 Å². The van der Waals surface area contributed by atoms with Gasteiger partial charge < -0.3 is 9.80 Å². The molecule has 1 saturated heterocycles. The zero-order valence-electron chi connectivity index (χ0n) is 16.9. The van der Waals surface area contributed by atoms with Crippen molar-refractivity contribution >= 4 is 17.9 Å². The summed E-state index contributed by atoms with van der Waals surface area (Å²) in [4.78, 5) is 28.2. The van der Waals surface area contributed by atoms with E-state index in [9.17, 15) is 22.8 Å². The summed E-state index contributed by atoms with van der Waals surface area (Å²) in [5, 5.41) is 3.25. The third kappa shape index (κ3) is 4.58. The Kier molecular flexibility index (Phi) is 6.00. The van der Waals surface area contributed by atoms with Gasteiger partial charge in [0.25, 0.3) is 0 Å². The molecule has 2 aromatic carbocycles. The van der Waals surface area contributed by atoms with Crippen LogP contribution < -0.4 is 10.2 Å².